The van der Waals surface area contributed by atoms with Gasteiger partial charge in [-0.2, -0.15) is 0 Å². The van der Waals surface area contributed by atoms with E-state index in [0.29, 0.717) is 55.2 Å². The second kappa shape index (κ2) is 82.0. The number of carboxylic acid groups (broad SMARTS) is 1. The van der Waals surface area contributed by atoms with Gasteiger partial charge in [-0.05, 0) is 317 Å². The van der Waals surface area contributed by atoms with Crippen LogP contribution < -0.4 is 75.0 Å². The van der Waals surface area contributed by atoms with E-state index in [-0.39, 0.29) is 136 Å². The maximum absolute atomic E-state index is 11.3. The molecule has 0 heterocycles. The minimum atomic E-state index is -4.02. The number of amides is 2. The first-order valence-electron chi connectivity index (χ1n) is 50.6. The van der Waals surface area contributed by atoms with E-state index in [1.54, 1.807) is 188 Å². The Morgan fingerprint density at radius 2 is 0.620 bits per heavy atom. The molecular weight excluding hydrogens is 1950 g/mol. The fraction of sp³-hybridized carbons (Fsp3) is 0.509. The van der Waals surface area contributed by atoms with E-state index in [9.17, 15) is 66.7 Å². The van der Waals surface area contributed by atoms with Gasteiger partial charge in [0.25, 0.3) is 0 Å². The van der Waals surface area contributed by atoms with Gasteiger partial charge in [0.15, 0.2) is 0 Å². The van der Waals surface area contributed by atoms with E-state index < -0.39 is 34.3 Å². The summed E-state index contributed by atoms with van der Waals surface area (Å²) in [6.07, 6.45) is 11.7. The van der Waals surface area contributed by atoms with Gasteiger partial charge in [0.1, 0.15) is 57.8 Å². The van der Waals surface area contributed by atoms with Crippen molar-refractivity contribution in [1.82, 2.24) is 63.8 Å². The highest BCUT2D eigenvalue weighted by molar-refractivity contribution is 7.51. The van der Waals surface area contributed by atoms with Crippen LogP contribution in [0.3, 0.4) is 0 Å². The summed E-state index contributed by atoms with van der Waals surface area (Å²) in [5.74, 6) is 2.27. The number of carboxylic acids is 1. The Balaban J connectivity index is -0.00000160. The molecule has 0 unspecified atom stereocenters. The molecule has 0 aliphatic heterocycles. The van der Waals surface area contributed by atoms with Crippen LogP contribution >= 0.6 is 15.2 Å². The second-order valence-electron chi connectivity index (χ2n) is 37.1. The van der Waals surface area contributed by atoms with Gasteiger partial charge in [-0.15, -0.1) is 0 Å². The van der Waals surface area contributed by atoms with Crippen molar-refractivity contribution >= 4 is 103 Å². The molecule has 0 saturated carbocycles. The smallest absolute Gasteiger partial charge is 0.478 e. The maximum Gasteiger partial charge on any atom is 0.488 e. The zero-order valence-electron chi connectivity index (χ0n) is 93.8. The molecule has 0 radical (unpaired) electrons. The quantitative estimate of drug-likeness (QED) is 0.00554. The summed E-state index contributed by atoms with van der Waals surface area (Å²) in [5.41, 5.74) is 18.0. The van der Waals surface area contributed by atoms with Crippen molar-refractivity contribution < 1.29 is 101 Å². The molecule has 7 aromatic carbocycles. The molecule has 7 rings (SSSR count). The van der Waals surface area contributed by atoms with Crippen LogP contribution in [0.4, 0.5) is 4.79 Å². The van der Waals surface area contributed by atoms with Crippen LogP contribution in [0.5, 0.6) is 0 Å². The van der Waals surface area contributed by atoms with Gasteiger partial charge in [-0.25, -0.2) is 9.59 Å². The number of aliphatic imine (C=N–C) groups is 1. The number of likely N-dealkylation sites (N-methyl/N-ethyl adjacent to an activating group) is 10. The molecule has 150 heavy (non-hydrogen) atoms. The number of nitrogens with zero attached hydrogens (tertiary/aromatic N) is 1. The predicted octanol–water partition coefficient (Wildman–Crippen LogP) is 10.1. The first-order valence-corrected chi connectivity index (χ1v) is 54.2. The average Bonchev–Trinajstić information content (AvgIpc) is 0.785. The van der Waals surface area contributed by atoms with Gasteiger partial charge < -0.3 is 104 Å². The summed E-state index contributed by atoms with van der Waals surface area (Å²) in [7, 11) is 10.1. The number of carbonyl (C=O) groups is 12. The fourth-order valence-corrected chi connectivity index (χ4v) is 16.0. The van der Waals surface area contributed by atoms with Crippen LogP contribution in [0, 0.1) is 26.7 Å². The first-order chi connectivity index (χ1) is 70.4. The van der Waals surface area contributed by atoms with Crippen molar-refractivity contribution in [2.45, 2.75) is 280 Å². The molecule has 7 aromatic rings. The molecule has 836 valence electrons. The molecule has 0 bridgehead atoms. The number of amidine groups is 1. The van der Waals surface area contributed by atoms with Gasteiger partial charge in [0.05, 0.1) is 84.1 Å². The highest BCUT2D eigenvalue weighted by Gasteiger charge is 2.23. The molecule has 0 fully saturated rings. The Morgan fingerprint density at radius 1 is 0.340 bits per heavy atom. The second-order valence-corrected chi connectivity index (χ2v) is 40.4. The van der Waals surface area contributed by atoms with Gasteiger partial charge in [-0.3, -0.25) is 62.1 Å². The standard InChI is InChI=1S/2C12H18NO4P.C12H15NO3.3C12H17NO.C11H16BNO3.C11H23N3O.C10H21NO.C8H17N3O2/c2*1-9(14)12(13-2)7-10-3-5-11(6-4-10)8-18(15,16)17;1-8(14)11(13-2)7-9-3-5-10(6-4-9)12(15)16;1-9-4-6-11(7-5-9)8-12(13-3)10(2)14;1-9-5-4-6-11(7-9)8-12(13-3)10(2)14;1-9-6-4-5-7-11(9)8-12(13-3)10(2)14;1-8(14)11(13-2)7-9-3-5-10(6-4-9)12(15)16;1-5-11(13-4)14-8-6-7-10(12-3)9(2)15;1-8(2)6-5-7-10(11-4)9(3)12;1-6(12)7(10-2)4-3-5-11-8(9)13/h2*3-6,12-13H,7-8H2,1-2H3,(H2,15,16,17);3-6,11,13H,7H2,1-2H3,(H,15,16);3*4-7,12-13H,8H2,1-3H3;3-6,11,13,15-16H,7H2,1-2H3;10,12H,5-8H2,1-4H3,(H,13,14);8,10-11H,5-7H2,1-4H3;7,10H,3-5H2,1-2H3,(H3,9,11,13)/t2*12-;11-;3*12-;11-;2*10-;7-/m0000000000/s1. The Kier molecular flexibility index (Phi) is 78.5. The number of nitrogens with one attached hydrogen (secondary N) is 12. The number of rotatable bonds is 53. The lowest BCUT2D eigenvalue weighted by Crippen LogP contribution is -2.34. The molecule has 0 saturated heterocycles. The number of aromatic carboxylic acids is 1. The number of nitrogens with two attached hydrogens (primary N) is 1. The van der Waals surface area contributed by atoms with Crippen molar-refractivity contribution in [2.24, 2.45) is 16.6 Å². The monoisotopic (exact) mass is 2130 g/mol. The van der Waals surface area contributed by atoms with Crippen LogP contribution in [0.2, 0.25) is 0 Å². The molecule has 0 aromatic heterocycles. The fourth-order valence-electron chi connectivity index (χ4n) is 14.6. The third kappa shape index (κ3) is 70.5. The largest absolute Gasteiger partial charge is 0.488 e. The molecular formula is C112H179BN14O21P2. The lowest BCUT2D eigenvalue weighted by molar-refractivity contribution is -0.119. The van der Waals surface area contributed by atoms with Gasteiger partial charge in [-0.1, -0.05) is 202 Å². The van der Waals surface area contributed by atoms with E-state index in [1.165, 1.54) is 60.6 Å². The van der Waals surface area contributed by atoms with E-state index in [0.717, 1.165) is 98.3 Å². The highest BCUT2D eigenvalue weighted by atomic mass is 31.2. The highest BCUT2D eigenvalue weighted by Crippen LogP contribution is 2.40. The van der Waals surface area contributed by atoms with Crippen molar-refractivity contribution in [1.29, 1.82) is 0 Å². The SMILES string of the molecule is CCC(=NC)NCCC[C@H](NC)C(C)=O.CN[C@@H](CCCC(C)C)C(C)=O.CN[C@@H](CCCNC(N)=O)C(C)=O.CN[C@@H](Cc1ccc(B(O)O)cc1)C(C)=O.CN[C@@H](Cc1ccc(C(=O)O)cc1)C(C)=O.CN[C@@H](Cc1ccc(C)cc1)C(C)=O.CN[C@@H](Cc1ccc(CP(=O)(O)O)cc1)C(C)=O.CN[C@@H](Cc1ccc(CP(=O)(O)O)cc1)C(C)=O.CN[C@@H](Cc1cccc(C)c1)C(C)=O.CN[C@@H](Cc1ccccc1C)C(C)=O. The molecule has 10 atom stereocenters. The topological polar surface area (TPSA) is 563 Å². The molecule has 38 heteroatoms. The lowest BCUT2D eigenvalue weighted by Gasteiger charge is -2.13. The summed E-state index contributed by atoms with van der Waals surface area (Å²) in [6.45, 7) is 29.9. The van der Waals surface area contributed by atoms with Gasteiger partial charge in [0, 0.05) is 26.6 Å². The van der Waals surface area contributed by atoms with Crippen molar-refractivity contribution in [3.63, 3.8) is 0 Å². The summed E-state index contributed by atoms with van der Waals surface area (Å²) < 4.78 is 21.7. The number of Topliss-reactive ketones (excluding diaryl/α,β-unsaturated/α-hetero) is 10. The Labute approximate surface area is 893 Å². The molecule has 21 N–H and O–H groups in total. The van der Waals surface area contributed by atoms with E-state index in [1.807, 2.05) is 53.4 Å². The summed E-state index contributed by atoms with van der Waals surface area (Å²) in [6, 6.07) is 50.4. The van der Waals surface area contributed by atoms with E-state index in [2.05, 4.69) is 165 Å². The summed E-state index contributed by atoms with van der Waals surface area (Å²) in [5, 5.41) is 62.0. The van der Waals surface area contributed by atoms with Crippen LogP contribution in [0.1, 0.15) is 218 Å². The number of aryl methyl sites for hydroxylation is 3. The van der Waals surface area contributed by atoms with Crippen molar-refractivity contribution in [3.05, 3.63) is 242 Å². The summed E-state index contributed by atoms with van der Waals surface area (Å²) >= 11 is 0. The third-order valence-electron chi connectivity index (χ3n) is 24.1. The van der Waals surface area contributed by atoms with Gasteiger partial charge in [0.2, 0.25) is 0 Å². The number of primary amides is 1. The van der Waals surface area contributed by atoms with Crippen LogP contribution in [-0.2, 0) is 114 Å². The maximum atomic E-state index is 11.3. The minimum Gasteiger partial charge on any atom is -0.478 e. The van der Waals surface area contributed by atoms with Gasteiger partial charge >= 0.3 is 34.3 Å². The molecule has 0 spiro atoms. The predicted molar refractivity (Wildman–Crippen MR) is 605 cm³/mol. The number of carbonyl (C=O) groups excluding carboxylic acids is 11. The van der Waals surface area contributed by atoms with Crippen LogP contribution in [0.25, 0.3) is 0 Å². The molecule has 0 aliphatic rings. The Morgan fingerprint density at radius 3 is 0.887 bits per heavy atom. The molecule has 2 amide bonds. The van der Waals surface area contributed by atoms with E-state index >= 15 is 0 Å². The zero-order valence-corrected chi connectivity index (χ0v) is 95.6. The minimum absolute atomic E-state index is 0.00422. The Hall–Kier alpha value is -10.7. The number of benzene rings is 7. The van der Waals surface area contributed by atoms with Crippen LogP contribution in [0.15, 0.2) is 175 Å². The van der Waals surface area contributed by atoms with Crippen molar-refractivity contribution in [3.8, 4) is 0 Å². The van der Waals surface area contributed by atoms with E-state index in [4.69, 9.17) is 40.5 Å². The summed E-state index contributed by atoms with van der Waals surface area (Å²) in [4.78, 5) is 172. The number of hydrogen-bond acceptors (Lipinski definition) is 27. The number of urea groups is 1. The first kappa shape index (κ1) is 143. The lowest BCUT2D eigenvalue weighted by atomic mass is 9.80. The van der Waals surface area contributed by atoms with Crippen molar-refractivity contribution in [2.75, 3.05) is 90.6 Å². The third-order valence-corrected chi connectivity index (χ3v) is 25.6. The van der Waals surface area contributed by atoms with Crippen LogP contribution in [-0.4, -0.2) is 269 Å². The normalized spacial score (nSPS) is 12.8. The Bertz CT molecular complexity index is 5120. The zero-order chi connectivity index (χ0) is 115. The number of ketones is 10. The molecule has 35 nitrogen and oxygen atoms in total. The average molecular weight is 2130 g/mol. The molecule has 0 aliphatic carbocycles. The number of hydrogen-bond donors (Lipinski definition) is 20.